The molecule has 10 rings (SSSR count). The fourth-order valence-electron chi connectivity index (χ4n) is 7.63. The molecule has 2 aromatic heterocycles. The predicted octanol–water partition coefficient (Wildman–Crippen LogP) is 9.37. The number of aliphatic imine (C=N–C) groups is 2. The maximum atomic E-state index is 10.5. The number of phenolic OH excluding ortho intramolecular Hbond substituents is 5. The molecule has 0 radical (unpaired) electrons. The molecule has 6 N–H and O–H groups in total. The van der Waals surface area contributed by atoms with E-state index in [0.717, 1.165) is 55.0 Å². The molecule has 0 bridgehead atoms. The first-order valence-electron chi connectivity index (χ1n) is 17.6. The molecule has 0 amide bonds. The molecule has 0 aliphatic carbocycles. The van der Waals surface area contributed by atoms with Crippen molar-refractivity contribution in [2.24, 2.45) is 9.98 Å². The van der Waals surface area contributed by atoms with Crippen LogP contribution in [0.4, 0.5) is 0 Å². The molecule has 1 aliphatic rings. The Hall–Kier alpha value is -7.72. The summed E-state index contributed by atoms with van der Waals surface area (Å²) in [6.45, 7) is 0. The van der Waals surface area contributed by atoms with Gasteiger partial charge in [0.2, 0.25) is 17.2 Å². The summed E-state index contributed by atoms with van der Waals surface area (Å²) >= 11 is 0. The maximum Gasteiger partial charge on any atom is 0.208 e. The van der Waals surface area contributed by atoms with Gasteiger partial charge in [-0.05, 0) is 23.8 Å². The Morgan fingerprint density at radius 1 is 0.491 bits per heavy atom. The Bertz CT molecular complexity index is 2990. The molecule has 9 aromatic rings. The summed E-state index contributed by atoms with van der Waals surface area (Å²) in [4.78, 5) is 10.0. The van der Waals surface area contributed by atoms with E-state index >= 15 is 0 Å². The molecule has 1 atom stereocenters. The topological polar surface area (TPSA) is 156 Å². The standard InChI is InChI=1S/C45H30N4O6/c50-36-35(37(51)39(53)40(54)38(36)52)24-20-22-26(23-21-24)44-46-43(25-10-2-1-3-11-25)47-45(48-44)31-16-8-14-29-30-15-9-19-34(42(30)55-41(29)31)49-32-17-6-4-12-27(32)28-13-5-7-18-33(28)49/h1-23,45,50-54H,(H,46,47,48). The largest absolute Gasteiger partial charge is 0.504 e. The quantitative estimate of drug-likeness (QED) is 0.0764. The highest BCUT2D eigenvalue weighted by Crippen LogP contribution is 2.54. The normalized spacial score (nSPS) is 14.4. The second kappa shape index (κ2) is 12.2. The van der Waals surface area contributed by atoms with E-state index in [0.29, 0.717) is 22.8 Å². The average molecular weight is 723 g/mol. The lowest BCUT2D eigenvalue weighted by molar-refractivity contribution is 0.330. The van der Waals surface area contributed by atoms with Gasteiger partial charge >= 0.3 is 0 Å². The highest BCUT2D eigenvalue weighted by molar-refractivity contribution is 6.15. The summed E-state index contributed by atoms with van der Waals surface area (Å²) < 4.78 is 9.17. The minimum Gasteiger partial charge on any atom is -0.504 e. The monoisotopic (exact) mass is 722 g/mol. The summed E-state index contributed by atoms with van der Waals surface area (Å²) in [7, 11) is 0. The average Bonchev–Trinajstić information content (AvgIpc) is 3.79. The lowest BCUT2D eigenvalue weighted by Crippen LogP contribution is -2.33. The van der Waals surface area contributed by atoms with Gasteiger partial charge in [0.1, 0.15) is 11.4 Å². The Morgan fingerprint density at radius 3 is 1.71 bits per heavy atom. The van der Waals surface area contributed by atoms with Crippen molar-refractivity contribution >= 4 is 55.4 Å². The Kier molecular flexibility index (Phi) is 7.08. The zero-order valence-corrected chi connectivity index (χ0v) is 28.8. The van der Waals surface area contributed by atoms with Crippen LogP contribution in [0.15, 0.2) is 154 Å². The van der Waals surface area contributed by atoms with Crippen molar-refractivity contribution in [2.75, 3.05) is 0 Å². The van der Waals surface area contributed by atoms with Crippen LogP contribution < -0.4 is 5.32 Å². The van der Waals surface area contributed by atoms with Crippen LogP contribution >= 0.6 is 0 Å². The molecule has 0 fully saturated rings. The molecule has 0 spiro atoms. The first-order chi connectivity index (χ1) is 26.9. The van der Waals surface area contributed by atoms with E-state index in [1.807, 2.05) is 42.5 Å². The van der Waals surface area contributed by atoms with E-state index in [1.165, 1.54) is 0 Å². The molecule has 1 aliphatic heterocycles. The van der Waals surface area contributed by atoms with E-state index in [1.54, 1.807) is 24.3 Å². The van der Waals surface area contributed by atoms with Gasteiger partial charge in [-0.15, -0.1) is 0 Å². The molecular formula is C45H30N4O6. The second-order valence-electron chi connectivity index (χ2n) is 13.4. The number of aromatic hydroxyl groups is 5. The van der Waals surface area contributed by atoms with Crippen molar-refractivity contribution in [1.29, 1.82) is 0 Å². The van der Waals surface area contributed by atoms with Crippen LogP contribution in [0, 0.1) is 0 Å². The highest BCUT2D eigenvalue weighted by Gasteiger charge is 2.27. The van der Waals surface area contributed by atoms with Gasteiger partial charge in [-0.25, -0.2) is 9.98 Å². The number of aromatic nitrogens is 1. The van der Waals surface area contributed by atoms with Gasteiger partial charge in [0.25, 0.3) is 0 Å². The van der Waals surface area contributed by atoms with Gasteiger partial charge in [0.15, 0.2) is 29.1 Å². The number of phenols is 5. The fourth-order valence-corrected chi connectivity index (χ4v) is 7.63. The number of rotatable bonds is 5. The number of nitrogens with zero attached hydrogens (tertiary/aromatic N) is 3. The zero-order chi connectivity index (χ0) is 37.4. The van der Waals surface area contributed by atoms with Crippen molar-refractivity contribution in [3.05, 3.63) is 156 Å². The van der Waals surface area contributed by atoms with Crippen LogP contribution in [0.5, 0.6) is 28.7 Å². The number of amidine groups is 2. The molecule has 1 unspecified atom stereocenters. The van der Waals surface area contributed by atoms with E-state index in [4.69, 9.17) is 14.4 Å². The van der Waals surface area contributed by atoms with E-state index in [2.05, 4.69) is 82.7 Å². The second-order valence-corrected chi connectivity index (χ2v) is 13.4. The number of hydrogen-bond donors (Lipinski definition) is 6. The molecule has 10 nitrogen and oxygen atoms in total. The van der Waals surface area contributed by atoms with E-state index < -0.39 is 34.9 Å². The molecule has 55 heavy (non-hydrogen) atoms. The molecule has 266 valence electrons. The Morgan fingerprint density at radius 2 is 1.04 bits per heavy atom. The lowest BCUT2D eigenvalue weighted by atomic mass is 9.99. The van der Waals surface area contributed by atoms with Crippen molar-refractivity contribution in [1.82, 2.24) is 9.88 Å². The van der Waals surface area contributed by atoms with Gasteiger partial charge in [-0.3, -0.25) is 0 Å². The van der Waals surface area contributed by atoms with Crippen LogP contribution in [-0.4, -0.2) is 41.8 Å². The Balaban J connectivity index is 1.10. The number of fused-ring (bicyclic) bond motifs is 6. The third-order valence-corrected chi connectivity index (χ3v) is 10.2. The number of benzene rings is 7. The van der Waals surface area contributed by atoms with Crippen LogP contribution in [-0.2, 0) is 0 Å². The van der Waals surface area contributed by atoms with E-state index in [9.17, 15) is 25.5 Å². The number of furan rings is 1. The Labute approximate surface area is 312 Å². The van der Waals surface area contributed by atoms with Gasteiger partial charge in [-0.1, -0.05) is 121 Å². The lowest BCUT2D eigenvalue weighted by Gasteiger charge is -2.24. The van der Waals surface area contributed by atoms with E-state index in [-0.39, 0.29) is 11.1 Å². The van der Waals surface area contributed by atoms with Crippen LogP contribution in [0.3, 0.4) is 0 Å². The van der Waals surface area contributed by atoms with Gasteiger partial charge in [0.05, 0.1) is 22.3 Å². The zero-order valence-electron chi connectivity index (χ0n) is 28.8. The van der Waals surface area contributed by atoms with Gasteiger partial charge in [-0.2, -0.15) is 0 Å². The van der Waals surface area contributed by atoms with Crippen molar-refractivity contribution in [2.45, 2.75) is 6.17 Å². The van der Waals surface area contributed by atoms with Crippen LogP contribution in [0.1, 0.15) is 22.9 Å². The first-order valence-corrected chi connectivity index (χ1v) is 17.6. The summed E-state index contributed by atoms with van der Waals surface area (Å²) in [5.74, 6) is -3.43. The summed E-state index contributed by atoms with van der Waals surface area (Å²) in [6.07, 6.45) is -0.609. The molecular weight excluding hydrogens is 693 g/mol. The third-order valence-electron chi connectivity index (χ3n) is 10.2. The smallest absolute Gasteiger partial charge is 0.208 e. The van der Waals surface area contributed by atoms with Crippen LogP contribution in [0.2, 0.25) is 0 Å². The van der Waals surface area contributed by atoms with Gasteiger partial charge in [0, 0.05) is 38.2 Å². The van der Waals surface area contributed by atoms with Crippen molar-refractivity contribution in [3.8, 4) is 45.6 Å². The molecule has 10 heteroatoms. The van der Waals surface area contributed by atoms with Crippen molar-refractivity contribution < 1.29 is 29.9 Å². The molecule has 3 heterocycles. The number of para-hydroxylation sites is 4. The summed E-state index contributed by atoms with van der Waals surface area (Å²) in [5.41, 5.74) is 6.86. The maximum absolute atomic E-state index is 10.5. The molecule has 7 aromatic carbocycles. The van der Waals surface area contributed by atoms with Crippen molar-refractivity contribution in [3.63, 3.8) is 0 Å². The van der Waals surface area contributed by atoms with Crippen LogP contribution in [0.25, 0.3) is 60.6 Å². The third kappa shape index (κ3) is 4.89. The SMILES string of the molecule is Oc1c(O)c(O)c(-c2ccc(C3=NC(c4ccccc4)=NC(c4cccc5c4oc4c(-n6c7ccccc7c7ccccc76)cccc45)N3)cc2)c(O)c1O. The number of hydrogen-bond acceptors (Lipinski definition) is 9. The molecule has 0 saturated carbocycles. The van der Waals surface area contributed by atoms with Gasteiger partial charge < -0.3 is 39.8 Å². The molecule has 0 saturated heterocycles. The first kappa shape index (κ1) is 32.0. The summed E-state index contributed by atoms with van der Waals surface area (Å²) in [6, 6.07) is 45.4. The number of nitrogens with one attached hydrogen (secondary N) is 1. The highest BCUT2D eigenvalue weighted by atomic mass is 16.4. The predicted molar refractivity (Wildman–Crippen MR) is 214 cm³/mol. The summed E-state index contributed by atoms with van der Waals surface area (Å²) in [5, 5.41) is 59.0. The minimum atomic E-state index is -1.02. The minimum absolute atomic E-state index is 0.237. The fraction of sp³-hybridized carbons (Fsp3) is 0.0222.